The smallest absolute Gasteiger partial charge is 0.303 e. The molecule has 1 saturated heterocycles. The van der Waals surface area contributed by atoms with Crippen molar-refractivity contribution in [2.75, 3.05) is 25.1 Å². The van der Waals surface area contributed by atoms with Gasteiger partial charge in [-0.1, -0.05) is 0 Å². The summed E-state index contributed by atoms with van der Waals surface area (Å²) >= 11 is 0. The minimum absolute atomic E-state index is 0.00154. The standard InChI is InChI=1S/C14H18N2O5/c1-21-13-7-11(6-12(8-13)16(19)20)15-5-4-10(9-15)2-3-14(17)18/h6-8,10H,2-5,9H2,1H3,(H,17,18). The molecule has 0 saturated carbocycles. The van der Waals surface area contributed by atoms with Crippen molar-refractivity contribution < 1.29 is 19.6 Å². The van der Waals surface area contributed by atoms with Gasteiger partial charge in [-0.15, -0.1) is 0 Å². The van der Waals surface area contributed by atoms with Crippen molar-refractivity contribution in [3.05, 3.63) is 28.3 Å². The molecule has 0 amide bonds. The molecule has 1 atom stereocenters. The molecule has 114 valence electrons. The van der Waals surface area contributed by atoms with Crippen LogP contribution in [0.2, 0.25) is 0 Å². The summed E-state index contributed by atoms with van der Waals surface area (Å²) < 4.78 is 5.10. The van der Waals surface area contributed by atoms with E-state index in [-0.39, 0.29) is 12.1 Å². The Morgan fingerprint density at radius 1 is 1.52 bits per heavy atom. The molecule has 0 aliphatic carbocycles. The second-order valence-corrected chi connectivity index (χ2v) is 5.18. The third-order valence-corrected chi connectivity index (χ3v) is 3.74. The van der Waals surface area contributed by atoms with E-state index in [4.69, 9.17) is 9.84 Å². The molecule has 7 nitrogen and oxygen atoms in total. The lowest BCUT2D eigenvalue weighted by atomic mass is 10.0. The number of nitro groups is 1. The van der Waals surface area contributed by atoms with E-state index in [9.17, 15) is 14.9 Å². The number of nitro benzene ring substituents is 1. The zero-order valence-electron chi connectivity index (χ0n) is 11.8. The van der Waals surface area contributed by atoms with Crippen LogP contribution in [0.15, 0.2) is 18.2 Å². The lowest BCUT2D eigenvalue weighted by molar-refractivity contribution is -0.384. The number of carbonyl (C=O) groups is 1. The molecule has 1 N–H and O–H groups in total. The van der Waals surface area contributed by atoms with Crippen molar-refractivity contribution in [1.82, 2.24) is 0 Å². The molecule has 1 aromatic carbocycles. The largest absolute Gasteiger partial charge is 0.496 e. The van der Waals surface area contributed by atoms with E-state index in [0.29, 0.717) is 18.1 Å². The predicted molar refractivity (Wildman–Crippen MR) is 76.8 cm³/mol. The fraction of sp³-hybridized carbons (Fsp3) is 0.500. The minimum atomic E-state index is -0.787. The van der Waals surface area contributed by atoms with Crippen molar-refractivity contribution in [1.29, 1.82) is 0 Å². The first-order valence-corrected chi connectivity index (χ1v) is 6.80. The van der Waals surface area contributed by atoms with Crippen molar-refractivity contribution in [2.45, 2.75) is 19.3 Å². The molecule has 1 fully saturated rings. The van der Waals surface area contributed by atoms with Crippen LogP contribution < -0.4 is 9.64 Å². The average Bonchev–Trinajstić information content (AvgIpc) is 2.93. The SMILES string of the molecule is COc1cc(N2CCC(CCC(=O)O)C2)cc([N+](=O)[O-])c1. The molecule has 1 unspecified atom stereocenters. The second kappa shape index (κ2) is 6.43. The lowest BCUT2D eigenvalue weighted by Gasteiger charge is -2.19. The molecule has 0 bridgehead atoms. The van der Waals surface area contributed by atoms with Gasteiger partial charge in [0.1, 0.15) is 5.75 Å². The summed E-state index contributed by atoms with van der Waals surface area (Å²) in [6.07, 6.45) is 1.70. The van der Waals surface area contributed by atoms with Gasteiger partial charge >= 0.3 is 5.97 Å². The number of hydrogen-bond donors (Lipinski definition) is 1. The zero-order chi connectivity index (χ0) is 15.4. The van der Waals surface area contributed by atoms with E-state index in [2.05, 4.69) is 0 Å². The summed E-state index contributed by atoms with van der Waals surface area (Å²) in [5, 5.41) is 19.7. The third-order valence-electron chi connectivity index (χ3n) is 3.74. The first-order chi connectivity index (χ1) is 9.99. The summed E-state index contributed by atoms with van der Waals surface area (Å²) in [5.41, 5.74) is 0.747. The van der Waals surface area contributed by atoms with Crippen LogP contribution in [0.4, 0.5) is 11.4 Å². The quantitative estimate of drug-likeness (QED) is 0.639. The summed E-state index contributed by atoms with van der Waals surface area (Å²) in [6, 6.07) is 4.69. The van der Waals surface area contributed by atoms with Gasteiger partial charge in [-0.2, -0.15) is 0 Å². The van der Waals surface area contributed by atoms with Crippen LogP contribution in [0, 0.1) is 16.0 Å². The minimum Gasteiger partial charge on any atom is -0.496 e. The number of nitrogens with zero attached hydrogens (tertiary/aromatic N) is 2. The maximum atomic E-state index is 10.9. The van der Waals surface area contributed by atoms with Gasteiger partial charge in [-0.3, -0.25) is 14.9 Å². The fourth-order valence-corrected chi connectivity index (χ4v) is 2.60. The average molecular weight is 294 g/mol. The molecule has 21 heavy (non-hydrogen) atoms. The third kappa shape index (κ3) is 3.84. The number of anilines is 1. The number of carboxylic acids is 1. The summed E-state index contributed by atoms with van der Waals surface area (Å²) in [5.74, 6) is -0.0231. The van der Waals surface area contributed by atoms with Crippen LogP contribution in [-0.4, -0.2) is 36.2 Å². The maximum Gasteiger partial charge on any atom is 0.303 e. The van der Waals surface area contributed by atoms with Gasteiger partial charge in [0.05, 0.1) is 18.1 Å². The van der Waals surface area contributed by atoms with Crippen LogP contribution in [0.25, 0.3) is 0 Å². The van der Waals surface area contributed by atoms with Gasteiger partial charge in [0, 0.05) is 37.3 Å². The van der Waals surface area contributed by atoms with E-state index in [0.717, 1.165) is 25.2 Å². The first kappa shape index (κ1) is 15.1. The molecule has 0 spiro atoms. The number of aliphatic carboxylic acids is 1. The van der Waals surface area contributed by atoms with Crippen molar-refractivity contribution >= 4 is 17.3 Å². The van der Waals surface area contributed by atoms with E-state index in [1.165, 1.54) is 19.2 Å². The van der Waals surface area contributed by atoms with Crippen molar-refractivity contribution in [3.8, 4) is 5.75 Å². The number of hydrogen-bond acceptors (Lipinski definition) is 5. The number of methoxy groups -OCH3 is 1. The molecule has 1 aliphatic heterocycles. The van der Waals surface area contributed by atoms with Gasteiger partial charge in [-0.25, -0.2) is 0 Å². The van der Waals surface area contributed by atoms with Gasteiger partial charge in [-0.05, 0) is 18.8 Å². The van der Waals surface area contributed by atoms with E-state index in [1.807, 2.05) is 4.90 Å². The van der Waals surface area contributed by atoms with Crippen LogP contribution in [0.1, 0.15) is 19.3 Å². The summed E-state index contributed by atoms with van der Waals surface area (Å²) in [6.45, 7) is 1.49. The Morgan fingerprint density at radius 2 is 2.29 bits per heavy atom. The molecule has 7 heteroatoms. The summed E-state index contributed by atoms with van der Waals surface area (Å²) in [4.78, 5) is 23.2. The monoisotopic (exact) mass is 294 g/mol. The Labute approximate surface area is 122 Å². The van der Waals surface area contributed by atoms with Gasteiger partial charge in [0.2, 0.25) is 0 Å². The molecular weight excluding hydrogens is 276 g/mol. The Bertz CT molecular complexity index is 546. The molecule has 2 rings (SSSR count). The first-order valence-electron chi connectivity index (χ1n) is 6.80. The highest BCUT2D eigenvalue weighted by molar-refractivity contribution is 5.66. The van der Waals surface area contributed by atoms with E-state index in [1.54, 1.807) is 6.07 Å². The highest BCUT2D eigenvalue weighted by Gasteiger charge is 2.24. The van der Waals surface area contributed by atoms with Crippen LogP contribution >= 0.6 is 0 Å². The number of ether oxygens (including phenoxy) is 1. The highest BCUT2D eigenvalue weighted by Crippen LogP contribution is 2.32. The Kier molecular flexibility index (Phi) is 4.62. The Morgan fingerprint density at radius 3 is 2.90 bits per heavy atom. The molecule has 1 aliphatic rings. The normalized spacial score (nSPS) is 17.8. The van der Waals surface area contributed by atoms with Crippen molar-refractivity contribution in [2.24, 2.45) is 5.92 Å². The number of non-ortho nitro benzene ring substituents is 1. The van der Waals surface area contributed by atoms with E-state index >= 15 is 0 Å². The second-order valence-electron chi connectivity index (χ2n) is 5.18. The molecule has 0 radical (unpaired) electrons. The Hall–Kier alpha value is -2.31. The number of rotatable bonds is 6. The lowest BCUT2D eigenvalue weighted by Crippen LogP contribution is -2.20. The molecule has 1 aromatic rings. The number of carboxylic acid groups (broad SMARTS) is 1. The fourth-order valence-electron chi connectivity index (χ4n) is 2.60. The van der Waals surface area contributed by atoms with Crippen molar-refractivity contribution in [3.63, 3.8) is 0 Å². The van der Waals surface area contributed by atoms with E-state index < -0.39 is 10.9 Å². The van der Waals surface area contributed by atoms with Crippen LogP contribution in [0.3, 0.4) is 0 Å². The van der Waals surface area contributed by atoms with Crippen LogP contribution in [-0.2, 0) is 4.79 Å². The number of benzene rings is 1. The van der Waals surface area contributed by atoms with Gasteiger partial charge in [0.15, 0.2) is 0 Å². The molecule has 1 heterocycles. The topological polar surface area (TPSA) is 92.9 Å². The highest BCUT2D eigenvalue weighted by atomic mass is 16.6. The maximum absolute atomic E-state index is 10.9. The molecular formula is C14H18N2O5. The van der Waals surface area contributed by atoms with Gasteiger partial charge in [0.25, 0.3) is 5.69 Å². The summed E-state index contributed by atoms with van der Waals surface area (Å²) in [7, 11) is 1.47. The zero-order valence-corrected chi connectivity index (χ0v) is 11.8. The van der Waals surface area contributed by atoms with Gasteiger partial charge < -0.3 is 14.7 Å². The van der Waals surface area contributed by atoms with Crippen LogP contribution in [0.5, 0.6) is 5.75 Å². The Balaban J connectivity index is 2.10. The molecule has 0 aromatic heterocycles. The predicted octanol–water partition coefficient (Wildman–Crippen LogP) is 2.29.